The summed E-state index contributed by atoms with van der Waals surface area (Å²) in [6.07, 6.45) is 5.20. The maximum atomic E-state index is 10.5. The largest absolute Gasteiger partial charge is 0.388 e. The number of aromatic nitrogens is 2. The van der Waals surface area contributed by atoms with Crippen molar-refractivity contribution in [2.45, 2.75) is 58.1 Å². The number of aryl methyl sites for hydroxylation is 2. The van der Waals surface area contributed by atoms with Crippen LogP contribution in [0, 0.1) is 13.8 Å². The van der Waals surface area contributed by atoms with E-state index in [1.807, 2.05) is 18.7 Å². The van der Waals surface area contributed by atoms with Gasteiger partial charge in [0, 0.05) is 38.4 Å². The number of aliphatic hydroxyl groups is 1. The maximum Gasteiger partial charge on any atom is 0.191 e. The summed E-state index contributed by atoms with van der Waals surface area (Å²) < 4.78 is 1.90. The lowest BCUT2D eigenvalue weighted by atomic mass is 9.85. The van der Waals surface area contributed by atoms with Gasteiger partial charge >= 0.3 is 0 Å². The van der Waals surface area contributed by atoms with Crippen LogP contribution in [0.5, 0.6) is 0 Å². The molecule has 6 heteroatoms. The number of hydrogen-bond acceptors (Lipinski definition) is 3. The third-order valence-corrected chi connectivity index (χ3v) is 4.68. The average Bonchev–Trinajstić information content (AvgIpc) is 2.74. The zero-order chi connectivity index (χ0) is 16.2. The van der Waals surface area contributed by atoms with Gasteiger partial charge in [0.15, 0.2) is 5.96 Å². The highest BCUT2D eigenvalue weighted by Crippen LogP contribution is 2.27. The summed E-state index contributed by atoms with van der Waals surface area (Å²) in [5.74, 6) is 0.724. The fourth-order valence-corrected chi connectivity index (χ4v) is 3.10. The zero-order valence-electron chi connectivity index (χ0n) is 14.2. The molecule has 1 aliphatic rings. The van der Waals surface area contributed by atoms with Gasteiger partial charge < -0.3 is 15.7 Å². The van der Waals surface area contributed by atoms with Crippen LogP contribution in [0.4, 0.5) is 0 Å². The summed E-state index contributed by atoms with van der Waals surface area (Å²) in [4.78, 5) is 4.24. The van der Waals surface area contributed by atoms with Gasteiger partial charge in [-0.25, -0.2) is 0 Å². The molecular weight excluding hydrogens is 278 g/mol. The molecule has 0 spiro atoms. The van der Waals surface area contributed by atoms with Crippen LogP contribution in [0.25, 0.3) is 0 Å². The molecule has 2 rings (SSSR count). The van der Waals surface area contributed by atoms with Gasteiger partial charge in [-0.05, 0) is 26.7 Å². The fraction of sp³-hybridized carbons (Fsp3) is 0.750. The molecule has 0 unspecified atom stereocenters. The van der Waals surface area contributed by atoms with E-state index in [0.29, 0.717) is 13.1 Å². The van der Waals surface area contributed by atoms with Crippen molar-refractivity contribution in [1.29, 1.82) is 0 Å². The van der Waals surface area contributed by atoms with Crippen molar-refractivity contribution in [3.63, 3.8) is 0 Å². The summed E-state index contributed by atoms with van der Waals surface area (Å²) in [7, 11) is 3.71. The second-order valence-corrected chi connectivity index (χ2v) is 6.34. The maximum absolute atomic E-state index is 10.5. The molecule has 0 amide bonds. The third kappa shape index (κ3) is 4.00. The van der Waals surface area contributed by atoms with Crippen LogP contribution in [0.3, 0.4) is 0 Å². The van der Waals surface area contributed by atoms with E-state index in [0.717, 1.165) is 43.0 Å². The fourth-order valence-electron chi connectivity index (χ4n) is 3.10. The van der Waals surface area contributed by atoms with Crippen molar-refractivity contribution in [2.24, 2.45) is 12.0 Å². The van der Waals surface area contributed by atoms with Gasteiger partial charge in [-0.2, -0.15) is 5.10 Å². The molecule has 0 bridgehead atoms. The molecule has 1 aromatic rings. The van der Waals surface area contributed by atoms with Gasteiger partial charge in [0.05, 0.1) is 11.3 Å². The summed E-state index contributed by atoms with van der Waals surface area (Å²) >= 11 is 0. The number of nitrogens with zero attached hydrogens (tertiary/aromatic N) is 3. The van der Waals surface area contributed by atoms with Crippen molar-refractivity contribution in [2.75, 3.05) is 13.6 Å². The molecule has 0 saturated heterocycles. The van der Waals surface area contributed by atoms with Crippen LogP contribution < -0.4 is 10.6 Å². The van der Waals surface area contributed by atoms with E-state index in [1.54, 1.807) is 7.05 Å². The van der Waals surface area contributed by atoms with Crippen LogP contribution in [0.2, 0.25) is 0 Å². The number of aliphatic imine (C=N–C) groups is 1. The monoisotopic (exact) mass is 307 g/mol. The summed E-state index contributed by atoms with van der Waals surface area (Å²) in [5, 5.41) is 21.5. The molecule has 124 valence electrons. The highest BCUT2D eigenvalue weighted by Gasteiger charge is 2.29. The van der Waals surface area contributed by atoms with Crippen LogP contribution in [0.15, 0.2) is 4.99 Å². The Balaban J connectivity index is 1.87. The van der Waals surface area contributed by atoms with Gasteiger partial charge in [-0.1, -0.05) is 19.3 Å². The topological polar surface area (TPSA) is 74.5 Å². The van der Waals surface area contributed by atoms with E-state index in [1.165, 1.54) is 12.0 Å². The van der Waals surface area contributed by atoms with E-state index in [9.17, 15) is 5.11 Å². The Kier molecular flexibility index (Phi) is 5.45. The van der Waals surface area contributed by atoms with E-state index < -0.39 is 5.60 Å². The number of hydrogen-bond donors (Lipinski definition) is 3. The number of guanidine groups is 1. The first-order chi connectivity index (χ1) is 10.4. The van der Waals surface area contributed by atoms with Gasteiger partial charge in [-0.15, -0.1) is 0 Å². The molecule has 1 heterocycles. The highest BCUT2D eigenvalue weighted by molar-refractivity contribution is 5.79. The van der Waals surface area contributed by atoms with Crippen molar-refractivity contribution < 1.29 is 5.11 Å². The lowest BCUT2D eigenvalue weighted by molar-refractivity contribution is 0.00859. The minimum Gasteiger partial charge on any atom is -0.388 e. The van der Waals surface area contributed by atoms with Gasteiger partial charge in [0.1, 0.15) is 0 Å². The Morgan fingerprint density at radius 2 is 1.95 bits per heavy atom. The lowest BCUT2D eigenvalue weighted by Crippen LogP contribution is -2.47. The first kappa shape index (κ1) is 16.8. The Bertz CT molecular complexity index is 529. The average molecular weight is 307 g/mol. The molecule has 0 aromatic carbocycles. The van der Waals surface area contributed by atoms with Crippen LogP contribution in [-0.2, 0) is 13.6 Å². The van der Waals surface area contributed by atoms with Gasteiger partial charge in [-0.3, -0.25) is 9.67 Å². The molecule has 1 aromatic heterocycles. The molecule has 1 saturated carbocycles. The second-order valence-electron chi connectivity index (χ2n) is 6.34. The Hall–Kier alpha value is -1.56. The van der Waals surface area contributed by atoms with Crippen molar-refractivity contribution in [1.82, 2.24) is 20.4 Å². The Labute approximate surface area is 133 Å². The summed E-state index contributed by atoms with van der Waals surface area (Å²) in [6, 6.07) is 0. The molecular formula is C16H29N5O. The molecule has 22 heavy (non-hydrogen) atoms. The van der Waals surface area contributed by atoms with Gasteiger partial charge in [0.2, 0.25) is 0 Å². The van der Waals surface area contributed by atoms with Gasteiger partial charge in [0.25, 0.3) is 0 Å². The Morgan fingerprint density at radius 3 is 2.50 bits per heavy atom. The lowest BCUT2D eigenvalue weighted by Gasteiger charge is -2.32. The van der Waals surface area contributed by atoms with Crippen molar-refractivity contribution in [3.8, 4) is 0 Å². The molecule has 1 fully saturated rings. The van der Waals surface area contributed by atoms with Crippen LogP contribution in [-0.4, -0.2) is 40.0 Å². The normalized spacial score (nSPS) is 18.3. The number of rotatable bonds is 4. The quantitative estimate of drug-likeness (QED) is 0.580. The molecule has 1 aliphatic carbocycles. The smallest absolute Gasteiger partial charge is 0.191 e. The SMILES string of the molecule is CN=C(NCc1c(C)nn(C)c1C)NCC1(O)CCCCC1. The predicted octanol–water partition coefficient (Wildman–Crippen LogP) is 1.40. The molecule has 3 N–H and O–H groups in total. The Morgan fingerprint density at radius 1 is 1.27 bits per heavy atom. The van der Waals surface area contributed by atoms with Crippen molar-refractivity contribution in [3.05, 3.63) is 17.0 Å². The molecule has 0 aliphatic heterocycles. The number of nitrogens with one attached hydrogen (secondary N) is 2. The molecule has 6 nitrogen and oxygen atoms in total. The summed E-state index contributed by atoms with van der Waals surface area (Å²) in [6.45, 7) is 5.32. The highest BCUT2D eigenvalue weighted by atomic mass is 16.3. The standard InChI is InChI=1S/C16H29N5O/c1-12-14(13(2)21(4)20-12)10-18-15(17-3)19-11-16(22)8-6-5-7-9-16/h22H,5-11H2,1-4H3,(H2,17,18,19). The van der Waals surface area contributed by atoms with Crippen LogP contribution in [0.1, 0.15) is 49.1 Å². The first-order valence-electron chi connectivity index (χ1n) is 8.11. The minimum atomic E-state index is -0.587. The van der Waals surface area contributed by atoms with Crippen LogP contribution >= 0.6 is 0 Å². The van der Waals surface area contributed by atoms with E-state index in [-0.39, 0.29) is 0 Å². The minimum absolute atomic E-state index is 0.553. The molecule has 0 atom stereocenters. The van der Waals surface area contributed by atoms with Crippen molar-refractivity contribution >= 4 is 5.96 Å². The third-order valence-electron chi connectivity index (χ3n) is 4.68. The zero-order valence-corrected chi connectivity index (χ0v) is 14.2. The van der Waals surface area contributed by atoms with E-state index in [4.69, 9.17) is 0 Å². The first-order valence-corrected chi connectivity index (χ1v) is 8.11. The predicted molar refractivity (Wildman–Crippen MR) is 88.9 cm³/mol. The second kappa shape index (κ2) is 7.13. The molecule has 0 radical (unpaired) electrons. The summed E-state index contributed by atoms with van der Waals surface area (Å²) in [5.41, 5.74) is 2.80. The van der Waals surface area contributed by atoms with E-state index >= 15 is 0 Å². The van der Waals surface area contributed by atoms with E-state index in [2.05, 4.69) is 27.6 Å².